The molecule has 1 heterocycles. The van der Waals surface area contributed by atoms with Crippen LogP contribution in [0.5, 0.6) is 0 Å². The van der Waals surface area contributed by atoms with Crippen molar-refractivity contribution in [2.45, 2.75) is 35.1 Å². The van der Waals surface area contributed by atoms with Crippen LogP contribution in [0.4, 0.5) is 14.6 Å². The second-order valence-electron chi connectivity index (χ2n) is 7.41. The first-order valence-electron chi connectivity index (χ1n) is 9.85. The number of carbonyl (C=O) groups excluding carboxylic acids is 1. The first kappa shape index (κ1) is 24.3. The van der Waals surface area contributed by atoms with Crippen molar-refractivity contribution in [1.82, 2.24) is 9.97 Å². The minimum Gasteiger partial charge on any atom is -0.396 e. The molecule has 1 aromatic heterocycles. The lowest BCUT2D eigenvalue weighted by molar-refractivity contribution is -0.111. The number of hydrogen-bond donors (Lipinski definition) is 2. The molecule has 1 aliphatic carbocycles. The topological polar surface area (TPSA) is 109 Å². The van der Waals surface area contributed by atoms with Gasteiger partial charge in [-0.3, -0.25) is 4.79 Å². The molecular formula is C21H23F2N3O4S2. The lowest BCUT2D eigenvalue weighted by Crippen LogP contribution is -2.16. The Bertz CT molecular complexity index is 1070. The van der Waals surface area contributed by atoms with Crippen molar-refractivity contribution >= 4 is 38.9 Å². The number of thioether (sulfide) groups is 1. The fourth-order valence-corrected chi connectivity index (χ4v) is 4.50. The Morgan fingerprint density at radius 3 is 2.38 bits per heavy atom. The van der Waals surface area contributed by atoms with Crippen LogP contribution in [0.25, 0.3) is 5.57 Å². The van der Waals surface area contributed by atoms with Crippen molar-refractivity contribution < 1.29 is 27.1 Å². The molecule has 3 rings (SSSR count). The molecule has 1 fully saturated rings. The van der Waals surface area contributed by atoms with Crippen LogP contribution in [-0.2, 0) is 14.6 Å². The summed E-state index contributed by atoms with van der Waals surface area (Å²) in [7, 11) is -3.42. The molecule has 1 aliphatic rings. The van der Waals surface area contributed by atoms with Crippen molar-refractivity contribution in [1.29, 1.82) is 0 Å². The van der Waals surface area contributed by atoms with Crippen LogP contribution in [-0.4, -0.2) is 60.4 Å². The van der Waals surface area contributed by atoms with Gasteiger partial charge in [-0.25, -0.2) is 27.2 Å². The van der Waals surface area contributed by atoms with Crippen molar-refractivity contribution in [2.75, 3.05) is 23.9 Å². The number of aromatic nitrogens is 2. The zero-order valence-electron chi connectivity index (χ0n) is 17.2. The molecule has 2 N–H and O–H groups in total. The fourth-order valence-electron chi connectivity index (χ4n) is 3.32. The number of hydrogen-bond acceptors (Lipinski definition) is 7. The highest BCUT2D eigenvalue weighted by atomic mass is 32.2. The van der Waals surface area contributed by atoms with E-state index < -0.39 is 34.0 Å². The zero-order chi connectivity index (χ0) is 23.3. The second kappa shape index (κ2) is 10.5. The van der Waals surface area contributed by atoms with Gasteiger partial charge in [0.15, 0.2) is 15.7 Å². The van der Waals surface area contributed by atoms with Gasteiger partial charge in [-0.1, -0.05) is 18.2 Å². The first-order valence-corrected chi connectivity index (χ1v) is 12.7. The molecule has 0 spiro atoms. The molecule has 172 valence electrons. The molecule has 1 amide bonds. The Balaban J connectivity index is 1.85. The van der Waals surface area contributed by atoms with Crippen LogP contribution in [0.3, 0.4) is 0 Å². The van der Waals surface area contributed by atoms with Gasteiger partial charge in [-0.2, -0.15) is 0 Å². The summed E-state index contributed by atoms with van der Waals surface area (Å²) < 4.78 is 50.8. The van der Waals surface area contributed by atoms with Gasteiger partial charge < -0.3 is 10.4 Å². The number of carbonyl (C=O) groups is 1. The summed E-state index contributed by atoms with van der Waals surface area (Å²) >= 11 is 1.31. The van der Waals surface area contributed by atoms with Crippen LogP contribution < -0.4 is 5.32 Å². The third kappa shape index (κ3) is 6.33. The Morgan fingerprint density at radius 2 is 1.84 bits per heavy atom. The number of allylic oxidation sites excluding steroid dienone is 1. The van der Waals surface area contributed by atoms with Gasteiger partial charge in [0, 0.05) is 17.6 Å². The van der Waals surface area contributed by atoms with E-state index >= 15 is 0 Å². The molecule has 32 heavy (non-hydrogen) atoms. The molecule has 0 saturated heterocycles. The van der Waals surface area contributed by atoms with Gasteiger partial charge in [-0.05, 0) is 36.5 Å². The Morgan fingerprint density at radius 1 is 1.19 bits per heavy atom. The van der Waals surface area contributed by atoms with E-state index in [-0.39, 0.29) is 35.7 Å². The summed E-state index contributed by atoms with van der Waals surface area (Å²) in [6.45, 7) is -0.00223. The zero-order valence-corrected chi connectivity index (χ0v) is 18.9. The number of aliphatic hydroxyl groups is 1. The molecule has 1 saturated carbocycles. The maximum atomic E-state index is 13.7. The number of halogens is 2. The molecule has 0 radical (unpaired) electrons. The Kier molecular flexibility index (Phi) is 7.96. The van der Waals surface area contributed by atoms with E-state index in [2.05, 4.69) is 15.3 Å². The van der Waals surface area contributed by atoms with Crippen LogP contribution in [0.2, 0.25) is 0 Å². The average molecular weight is 484 g/mol. The summed E-state index contributed by atoms with van der Waals surface area (Å²) in [6, 6.07) is 5.72. The highest BCUT2D eigenvalue weighted by molar-refractivity contribution is 7.99. The lowest BCUT2D eigenvalue weighted by Gasteiger charge is -2.12. The van der Waals surface area contributed by atoms with Crippen molar-refractivity contribution in [3.05, 3.63) is 48.3 Å². The van der Waals surface area contributed by atoms with E-state index in [0.29, 0.717) is 16.3 Å². The van der Waals surface area contributed by atoms with Gasteiger partial charge in [0.1, 0.15) is 17.4 Å². The standard InChI is InChI=1S/C21H23F2N3O4S2/c1-32(29,30)15-4-2-14(3-5-15)16(8-13-9-17(22)18(23)10-13)21(28)26-19-11-25-20(12-24-19)31-7-6-27/h2-5,8,11-13,17-18,27H,6-7,9-10H2,1H3,(H,24,26,28)/b16-8+/t13?,17-,18+. The fraction of sp³-hybridized carbons (Fsp3) is 0.381. The van der Waals surface area contributed by atoms with E-state index in [1.165, 1.54) is 54.5 Å². The molecule has 3 atom stereocenters. The number of alkyl halides is 2. The SMILES string of the molecule is CS(=O)(=O)c1ccc(/C(=C\C2C[C@@H](F)[C@@H](F)C2)C(=O)Nc2cnc(SCCO)cn2)cc1. The maximum absolute atomic E-state index is 13.7. The molecule has 0 bridgehead atoms. The normalized spacial score (nSPS) is 21.5. The van der Waals surface area contributed by atoms with Crippen LogP contribution in [0, 0.1) is 5.92 Å². The highest BCUT2D eigenvalue weighted by Gasteiger charge is 2.34. The minimum atomic E-state index is -3.42. The summed E-state index contributed by atoms with van der Waals surface area (Å²) in [5.41, 5.74) is 0.576. The van der Waals surface area contributed by atoms with Crippen LogP contribution in [0.1, 0.15) is 18.4 Å². The second-order valence-corrected chi connectivity index (χ2v) is 10.5. The minimum absolute atomic E-state index is 0.00223. The quantitative estimate of drug-likeness (QED) is 0.439. The molecule has 2 aromatic rings. The Labute approximate surface area is 189 Å². The Hall–Kier alpha value is -2.37. The van der Waals surface area contributed by atoms with E-state index in [9.17, 15) is 22.0 Å². The number of amides is 1. The predicted octanol–water partition coefficient (Wildman–Crippen LogP) is 3.07. The summed E-state index contributed by atoms with van der Waals surface area (Å²) in [5.74, 6) is -0.387. The highest BCUT2D eigenvalue weighted by Crippen LogP contribution is 2.34. The molecule has 7 nitrogen and oxygen atoms in total. The number of nitrogens with zero attached hydrogens (tertiary/aromatic N) is 2. The molecule has 0 aliphatic heterocycles. The number of nitrogens with one attached hydrogen (secondary N) is 1. The largest absolute Gasteiger partial charge is 0.396 e. The summed E-state index contributed by atoms with van der Waals surface area (Å²) in [5, 5.41) is 12.1. The number of aliphatic hydroxyl groups excluding tert-OH is 1. The van der Waals surface area contributed by atoms with Gasteiger partial charge in [0.05, 0.1) is 23.9 Å². The summed E-state index contributed by atoms with van der Waals surface area (Å²) in [4.78, 5) is 21.4. The van der Waals surface area contributed by atoms with E-state index in [1.807, 2.05) is 0 Å². The molecular weight excluding hydrogens is 460 g/mol. The van der Waals surface area contributed by atoms with Crippen LogP contribution >= 0.6 is 11.8 Å². The lowest BCUT2D eigenvalue weighted by atomic mass is 9.98. The smallest absolute Gasteiger partial charge is 0.257 e. The van der Waals surface area contributed by atoms with Crippen molar-refractivity contribution in [3.8, 4) is 0 Å². The van der Waals surface area contributed by atoms with E-state index in [1.54, 1.807) is 0 Å². The van der Waals surface area contributed by atoms with Crippen LogP contribution in [0.15, 0.2) is 52.7 Å². The van der Waals surface area contributed by atoms with Crippen molar-refractivity contribution in [2.24, 2.45) is 5.92 Å². The van der Waals surface area contributed by atoms with Gasteiger partial charge in [0.2, 0.25) is 0 Å². The third-order valence-corrected chi connectivity index (χ3v) is 6.92. The van der Waals surface area contributed by atoms with E-state index in [4.69, 9.17) is 5.11 Å². The number of rotatable bonds is 8. The predicted molar refractivity (Wildman–Crippen MR) is 119 cm³/mol. The van der Waals surface area contributed by atoms with Crippen molar-refractivity contribution in [3.63, 3.8) is 0 Å². The third-order valence-electron chi connectivity index (χ3n) is 4.90. The first-order chi connectivity index (χ1) is 15.2. The monoisotopic (exact) mass is 483 g/mol. The number of benzene rings is 1. The number of anilines is 1. The molecule has 11 heteroatoms. The summed E-state index contributed by atoms with van der Waals surface area (Å²) in [6.07, 6.45) is 2.20. The van der Waals surface area contributed by atoms with Gasteiger partial charge in [-0.15, -0.1) is 11.8 Å². The average Bonchev–Trinajstić information content (AvgIpc) is 3.08. The van der Waals surface area contributed by atoms with Gasteiger partial charge in [0.25, 0.3) is 5.91 Å². The number of sulfone groups is 1. The van der Waals surface area contributed by atoms with Gasteiger partial charge >= 0.3 is 0 Å². The van der Waals surface area contributed by atoms with E-state index in [0.717, 1.165) is 6.26 Å². The molecule has 1 aromatic carbocycles. The molecule has 1 unspecified atom stereocenters. The maximum Gasteiger partial charge on any atom is 0.257 e.